The highest BCUT2D eigenvalue weighted by Gasteiger charge is 2.31. The van der Waals surface area contributed by atoms with E-state index in [0.29, 0.717) is 54.8 Å². The third-order valence-corrected chi connectivity index (χ3v) is 12.3. The second-order valence-corrected chi connectivity index (χ2v) is 16.9. The third kappa shape index (κ3) is 11.7. The molecule has 4 heterocycles. The zero-order chi connectivity index (χ0) is 42.6. The Morgan fingerprint density at radius 2 is 1.56 bits per heavy atom. The highest BCUT2D eigenvalue weighted by Crippen LogP contribution is 2.38. The van der Waals surface area contributed by atoms with E-state index in [1.54, 1.807) is 29.5 Å². The normalized spacial score (nSPS) is 18.8. The van der Waals surface area contributed by atoms with Gasteiger partial charge in [-0.05, 0) is 82.2 Å². The molecule has 2 aliphatic heterocycles. The first-order chi connectivity index (χ1) is 28.3. The number of hydrogen-bond acceptors (Lipinski definition) is 11. The number of hydrogen-bond donors (Lipinski definition) is 8. The Hall–Kier alpha value is -5.78. The Morgan fingerprint density at radius 1 is 0.932 bits per heavy atom. The molecule has 2 aromatic carbocycles. The number of ether oxygens (including phenoxy) is 1. The lowest BCUT2D eigenvalue weighted by atomic mass is 10.1. The van der Waals surface area contributed by atoms with Crippen molar-refractivity contribution in [3.63, 3.8) is 0 Å². The summed E-state index contributed by atoms with van der Waals surface area (Å²) < 4.78 is 7.45. The first kappa shape index (κ1) is 44.3. The Balaban J connectivity index is 0.000000192. The van der Waals surface area contributed by atoms with Gasteiger partial charge < -0.3 is 47.7 Å². The first-order valence-corrected chi connectivity index (χ1v) is 21.1. The Morgan fingerprint density at radius 3 is 2.22 bits per heavy atom. The topological polar surface area (TPSA) is 222 Å². The summed E-state index contributed by atoms with van der Waals surface area (Å²) >= 11 is 3.06. The van der Waals surface area contributed by atoms with Gasteiger partial charge in [-0.25, -0.2) is 0 Å². The van der Waals surface area contributed by atoms with Gasteiger partial charge in [-0.2, -0.15) is 0 Å². The second kappa shape index (κ2) is 20.8. The quantitative estimate of drug-likeness (QED) is 0.0750. The van der Waals surface area contributed by atoms with Gasteiger partial charge in [-0.15, -0.1) is 22.7 Å². The molecule has 1 aliphatic carbocycles. The van der Waals surface area contributed by atoms with E-state index in [1.165, 1.54) is 36.3 Å². The molecule has 2 aromatic heterocycles. The van der Waals surface area contributed by atoms with Gasteiger partial charge >= 0.3 is 0 Å². The number of amides is 6. The lowest BCUT2D eigenvalue weighted by molar-refractivity contribution is -0.118. The standard InChI is InChI=1S/C21H26N4O4S.C13H13N3O2S.C8H13NO/c1-4-19(27)24-16-9-29-10-17(16)25-21(28)14-5-6-18-15(7-14)20(13(3)30-18)22-8-12(2)23-11-26;1-6-5-15-10-8-4-7(12(14)17)2-3-9(8)19-11(10)13(18)16-6;1-2-8(10)9-7-5-3-4-6-7/h4-7,11-12,16-17,22H,1,8-10H2,2-3H3,(H,23,26)(H,24,27)(H,25,28);2-4,6,15H,5H2,1H3,(H2,14,17)(H,16,18);2,7H,1,3-6H2,(H,9,10)/t;6-;/m.1./s1. The van der Waals surface area contributed by atoms with Crippen molar-refractivity contribution in [2.24, 2.45) is 5.73 Å². The van der Waals surface area contributed by atoms with Crippen molar-refractivity contribution in [2.45, 2.75) is 76.7 Å². The molecule has 0 spiro atoms. The molecule has 15 nitrogen and oxygen atoms in total. The summed E-state index contributed by atoms with van der Waals surface area (Å²) in [5.74, 6) is -1.10. The minimum absolute atomic E-state index is 0.0200. The molecule has 6 amide bonds. The molecule has 4 atom stereocenters. The van der Waals surface area contributed by atoms with Crippen molar-refractivity contribution >= 4 is 90.2 Å². The zero-order valence-corrected chi connectivity index (χ0v) is 35.0. The molecule has 3 unspecified atom stereocenters. The second-order valence-electron chi connectivity index (χ2n) is 14.6. The largest absolute Gasteiger partial charge is 0.382 e. The fourth-order valence-corrected chi connectivity index (χ4v) is 8.94. The summed E-state index contributed by atoms with van der Waals surface area (Å²) in [4.78, 5) is 70.8. The van der Waals surface area contributed by atoms with Crippen LogP contribution in [0.15, 0.2) is 61.7 Å². The van der Waals surface area contributed by atoms with Crippen LogP contribution in [-0.2, 0) is 19.1 Å². The number of aryl methyl sites for hydroxylation is 1. The maximum Gasteiger partial charge on any atom is 0.263 e. The molecular formula is C42H52N8O7S2. The van der Waals surface area contributed by atoms with Gasteiger partial charge in [0.05, 0.1) is 36.7 Å². The Bertz CT molecular complexity index is 2210. The van der Waals surface area contributed by atoms with Gasteiger partial charge in [0.15, 0.2) is 0 Å². The van der Waals surface area contributed by atoms with Crippen LogP contribution in [-0.4, -0.2) is 92.5 Å². The number of fused-ring (bicyclic) bond motifs is 4. The van der Waals surface area contributed by atoms with E-state index in [0.717, 1.165) is 49.3 Å². The molecule has 3 aliphatic rings. The Kier molecular flexibility index (Phi) is 15.6. The number of carbonyl (C=O) groups is 6. The summed E-state index contributed by atoms with van der Waals surface area (Å²) in [6, 6.07) is 10.7. The van der Waals surface area contributed by atoms with Crippen LogP contribution in [0.25, 0.3) is 20.2 Å². The monoisotopic (exact) mass is 844 g/mol. The van der Waals surface area contributed by atoms with Crippen LogP contribution in [0.4, 0.5) is 11.4 Å². The van der Waals surface area contributed by atoms with E-state index < -0.39 is 5.91 Å². The van der Waals surface area contributed by atoms with Gasteiger partial charge in [-0.1, -0.05) is 26.0 Å². The molecule has 1 saturated carbocycles. The molecule has 9 N–H and O–H groups in total. The number of nitrogens with one attached hydrogen (secondary N) is 7. The number of benzene rings is 2. The van der Waals surface area contributed by atoms with E-state index in [1.807, 2.05) is 39.0 Å². The van der Waals surface area contributed by atoms with E-state index in [9.17, 15) is 28.8 Å². The van der Waals surface area contributed by atoms with Crippen LogP contribution in [0, 0.1) is 6.92 Å². The van der Waals surface area contributed by atoms with Gasteiger partial charge in [0.2, 0.25) is 24.1 Å². The number of rotatable bonds is 12. The van der Waals surface area contributed by atoms with Crippen molar-refractivity contribution < 1.29 is 33.5 Å². The van der Waals surface area contributed by atoms with Crippen LogP contribution in [0.5, 0.6) is 0 Å². The van der Waals surface area contributed by atoms with E-state index >= 15 is 0 Å². The molecule has 7 rings (SSSR count). The van der Waals surface area contributed by atoms with Crippen LogP contribution in [0.2, 0.25) is 0 Å². The summed E-state index contributed by atoms with van der Waals surface area (Å²) in [5.41, 5.74) is 8.04. The van der Waals surface area contributed by atoms with Crippen molar-refractivity contribution in [1.82, 2.24) is 26.6 Å². The van der Waals surface area contributed by atoms with Crippen LogP contribution >= 0.6 is 22.7 Å². The number of anilines is 2. The average Bonchev–Trinajstić information content (AvgIpc) is 4.01. The highest BCUT2D eigenvalue weighted by molar-refractivity contribution is 7.21. The summed E-state index contributed by atoms with van der Waals surface area (Å²) in [7, 11) is 0. The summed E-state index contributed by atoms with van der Waals surface area (Å²) in [5, 5.41) is 22.7. The summed E-state index contributed by atoms with van der Waals surface area (Å²) in [6.07, 6.45) is 8.00. The highest BCUT2D eigenvalue weighted by atomic mass is 32.1. The molecular weight excluding hydrogens is 793 g/mol. The van der Waals surface area contributed by atoms with Crippen molar-refractivity contribution in [1.29, 1.82) is 0 Å². The fraction of sp³-hybridized carbons (Fsp3) is 0.381. The van der Waals surface area contributed by atoms with Gasteiger partial charge in [-0.3, -0.25) is 28.8 Å². The number of thiophene rings is 2. The lowest BCUT2D eigenvalue weighted by Gasteiger charge is -2.19. The maximum absolute atomic E-state index is 12.8. The summed E-state index contributed by atoms with van der Waals surface area (Å²) in [6.45, 7) is 14.6. The predicted octanol–water partition coefficient (Wildman–Crippen LogP) is 4.33. The molecule has 59 heavy (non-hydrogen) atoms. The van der Waals surface area contributed by atoms with Gasteiger partial charge in [0.25, 0.3) is 11.8 Å². The fourth-order valence-electron chi connectivity index (χ4n) is 6.86. The van der Waals surface area contributed by atoms with E-state index in [4.69, 9.17) is 10.5 Å². The minimum atomic E-state index is -0.465. The van der Waals surface area contributed by atoms with Crippen molar-refractivity contribution in [3.05, 3.63) is 82.6 Å². The van der Waals surface area contributed by atoms with Crippen LogP contribution < -0.4 is 43.0 Å². The molecule has 17 heteroatoms. The predicted molar refractivity (Wildman–Crippen MR) is 234 cm³/mol. The van der Waals surface area contributed by atoms with Gasteiger partial charge in [0.1, 0.15) is 4.88 Å². The maximum atomic E-state index is 12.8. The number of carbonyl (C=O) groups excluding carboxylic acids is 6. The number of nitrogens with two attached hydrogens (primary N) is 1. The third-order valence-electron chi connectivity index (χ3n) is 10.0. The smallest absolute Gasteiger partial charge is 0.263 e. The van der Waals surface area contributed by atoms with Gasteiger partial charge in [0, 0.05) is 67.4 Å². The average molecular weight is 845 g/mol. The lowest BCUT2D eigenvalue weighted by Crippen LogP contribution is -2.50. The zero-order valence-electron chi connectivity index (χ0n) is 33.4. The van der Waals surface area contributed by atoms with Crippen molar-refractivity contribution in [3.8, 4) is 0 Å². The van der Waals surface area contributed by atoms with E-state index in [2.05, 4.69) is 50.4 Å². The van der Waals surface area contributed by atoms with E-state index in [-0.39, 0.29) is 47.8 Å². The van der Waals surface area contributed by atoms with Crippen molar-refractivity contribution in [2.75, 3.05) is 36.9 Å². The molecule has 1 saturated heterocycles. The molecule has 0 bridgehead atoms. The first-order valence-electron chi connectivity index (χ1n) is 19.4. The number of primary amides is 1. The molecule has 4 aromatic rings. The van der Waals surface area contributed by atoms with Crippen LogP contribution in [0.3, 0.4) is 0 Å². The Labute approximate surface area is 351 Å². The molecule has 2 fully saturated rings. The molecule has 314 valence electrons. The molecule has 0 radical (unpaired) electrons. The minimum Gasteiger partial charge on any atom is -0.382 e. The SMILES string of the molecule is C=CC(=O)NC1CCCC1.C=CC(=O)NC1COCC1NC(=O)c1ccc2sc(C)c(NCC(C)NC=O)c2c1.C[C@@H]1CNc2c(sc3ccc(C(N)=O)cc23)C(=O)N1. The van der Waals surface area contributed by atoms with Crippen LogP contribution in [0.1, 0.15) is 74.8 Å².